The Morgan fingerprint density at radius 1 is 1.27 bits per heavy atom. The summed E-state index contributed by atoms with van der Waals surface area (Å²) in [5.74, 6) is 1.71. The number of nitrogens with zero attached hydrogens (tertiary/aromatic N) is 1. The molecule has 1 aromatic carbocycles. The second-order valence-electron chi connectivity index (χ2n) is 5.36. The molecule has 1 fully saturated rings. The number of methoxy groups -OCH3 is 1. The number of carbonyl (C=O) groups excluding carboxylic acids is 1. The molecule has 1 aliphatic carbocycles. The summed E-state index contributed by atoms with van der Waals surface area (Å²) in [6.07, 6.45) is 3.70. The maximum Gasteiger partial charge on any atom is 0.228 e. The predicted octanol–water partition coefficient (Wildman–Crippen LogP) is 3.05. The van der Waals surface area contributed by atoms with Gasteiger partial charge in [0.2, 0.25) is 5.91 Å². The van der Waals surface area contributed by atoms with Crippen LogP contribution in [0.4, 0.5) is 11.5 Å². The van der Waals surface area contributed by atoms with Gasteiger partial charge in [-0.25, -0.2) is 4.98 Å². The monoisotopic (exact) mass is 297 g/mol. The van der Waals surface area contributed by atoms with Gasteiger partial charge >= 0.3 is 0 Å². The zero-order valence-electron chi connectivity index (χ0n) is 12.5. The first kappa shape index (κ1) is 14.4. The molecule has 0 aliphatic heterocycles. The van der Waals surface area contributed by atoms with E-state index in [0.717, 1.165) is 29.8 Å². The Hall–Kier alpha value is -2.56. The van der Waals surface area contributed by atoms with E-state index >= 15 is 0 Å². The van der Waals surface area contributed by atoms with Crippen molar-refractivity contribution >= 4 is 17.4 Å². The van der Waals surface area contributed by atoms with E-state index < -0.39 is 0 Å². The number of hydrogen-bond acceptors (Lipinski definition) is 4. The zero-order chi connectivity index (χ0) is 15.4. The number of anilines is 2. The van der Waals surface area contributed by atoms with Crippen LogP contribution in [0.2, 0.25) is 0 Å². The number of carbonyl (C=O) groups is 1. The molecule has 22 heavy (non-hydrogen) atoms. The molecule has 0 saturated heterocycles. The average molecular weight is 297 g/mol. The molecule has 0 radical (unpaired) electrons. The number of pyridine rings is 1. The van der Waals surface area contributed by atoms with Gasteiger partial charge in [0, 0.05) is 18.0 Å². The summed E-state index contributed by atoms with van der Waals surface area (Å²) in [6.45, 7) is 0.652. The Kier molecular flexibility index (Phi) is 4.23. The zero-order valence-corrected chi connectivity index (χ0v) is 12.5. The Labute approximate surface area is 129 Å². The van der Waals surface area contributed by atoms with E-state index in [-0.39, 0.29) is 11.8 Å². The normalized spacial score (nSPS) is 13.5. The van der Waals surface area contributed by atoms with Gasteiger partial charge in [-0.3, -0.25) is 4.79 Å². The maximum atomic E-state index is 11.7. The quantitative estimate of drug-likeness (QED) is 0.860. The highest BCUT2D eigenvalue weighted by Crippen LogP contribution is 2.30. The fourth-order valence-corrected chi connectivity index (χ4v) is 2.19. The van der Waals surface area contributed by atoms with Crippen molar-refractivity contribution in [3.8, 4) is 5.75 Å². The van der Waals surface area contributed by atoms with Gasteiger partial charge in [0.15, 0.2) is 0 Å². The largest absolute Gasteiger partial charge is 0.496 e. The second-order valence-corrected chi connectivity index (χ2v) is 5.36. The van der Waals surface area contributed by atoms with Crippen LogP contribution in [0.25, 0.3) is 0 Å². The van der Waals surface area contributed by atoms with Crippen molar-refractivity contribution in [2.45, 2.75) is 19.4 Å². The minimum absolute atomic E-state index is 0.0715. The Bertz CT molecular complexity index is 651. The summed E-state index contributed by atoms with van der Waals surface area (Å²) >= 11 is 0. The van der Waals surface area contributed by atoms with Gasteiger partial charge in [-0.1, -0.05) is 18.2 Å². The smallest absolute Gasteiger partial charge is 0.228 e. The second kappa shape index (κ2) is 6.47. The third-order valence-electron chi connectivity index (χ3n) is 3.64. The molecule has 0 spiro atoms. The molecular formula is C17H19N3O2. The van der Waals surface area contributed by atoms with Crippen molar-refractivity contribution in [2.24, 2.45) is 5.92 Å². The van der Waals surface area contributed by atoms with E-state index in [0.29, 0.717) is 12.4 Å². The molecule has 5 nitrogen and oxygen atoms in total. The number of rotatable bonds is 6. The molecule has 2 N–H and O–H groups in total. The van der Waals surface area contributed by atoms with E-state index in [1.165, 1.54) is 0 Å². The van der Waals surface area contributed by atoms with Gasteiger partial charge in [0.1, 0.15) is 11.6 Å². The first-order valence-electron chi connectivity index (χ1n) is 7.39. The van der Waals surface area contributed by atoms with Crippen molar-refractivity contribution in [1.29, 1.82) is 0 Å². The molecule has 114 valence electrons. The molecular weight excluding hydrogens is 278 g/mol. The van der Waals surface area contributed by atoms with Gasteiger partial charge in [-0.15, -0.1) is 0 Å². The van der Waals surface area contributed by atoms with Crippen LogP contribution < -0.4 is 15.4 Å². The fraction of sp³-hybridized carbons (Fsp3) is 0.294. The highest BCUT2D eigenvalue weighted by atomic mass is 16.5. The molecule has 0 atom stereocenters. The fourth-order valence-electron chi connectivity index (χ4n) is 2.19. The summed E-state index contributed by atoms with van der Waals surface area (Å²) in [5, 5.41) is 6.12. The third-order valence-corrected chi connectivity index (χ3v) is 3.64. The highest BCUT2D eigenvalue weighted by Gasteiger charge is 2.29. The minimum Gasteiger partial charge on any atom is -0.496 e. The summed E-state index contributed by atoms with van der Waals surface area (Å²) in [4.78, 5) is 15.9. The van der Waals surface area contributed by atoms with Crippen molar-refractivity contribution in [1.82, 2.24) is 4.98 Å². The number of para-hydroxylation sites is 1. The predicted molar refractivity (Wildman–Crippen MR) is 85.9 cm³/mol. The van der Waals surface area contributed by atoms with Gasteiger partial charge in [0.25, 0.3) is 0 Å². The molecule has 3 rings (SSSR count). The van der Waals surface area contributed by atoms with Crippen LogP contribution in [0.15, 0.2) is 42.6 Å². The van der Waals surface area contributed by atoms with Crippen molar-refractivity contribution in [3.05, 3.63) is 48.2 Å². The number of nitrogens with one attached hydrogen (secondary N) is 2. The standard InChI is InChI=1S/C17H19N3O2/c1-22-15-5-3-2-4-13(15)10-18-14-8-9-16(19-11-14)20-17(21)12-6-7-12/h2-5,8-9,11-12,18H,6-7,10H2,1H3,(H,19,20,21). The van der Waals surface area contributed by atoms with Crippen LogP contribution in [0.3, 0.4) is 0 Å². The molecule has 1 heterocycles. The lowest BCUT2D eigenvalue weighted by molar-refractivity contribution is -0.117. The summed E-state index contributed by atoms with van der Waals surface area (Å²) in [5.41, 5.74) is 1.98. The van der Waals surface area contributed by atoms with E-state index in [4.69, 9.17) is 4.74 Å². The molecule has 0 bridgehead atoms. The van der Waals surface area contributed by atoms with Crippen molar-refractivity contribution in [3.63, 3.8) is 0 Å². The lowest BCUT2D eigenvalue weighted by Gasteiger charge is -2.10. The van der Waals surface area contributed by atoms with Crippen LogP contribution in [-0.4, -0.2) is 18.0 Å². The van der Waals surface area contributed by atoms with Crippen LogP contribution in [0.5, 0.6) is 5.75 Å². The van der Waals surface area contributed by atoms with E-state index in [9.17, 15) is 4.79 Å². The van der Waals surface area contributed by atoms with Gasteiger partial charge in [-0.05, 0) is 31.0 Å². The van der Waals surface area contributed by atoms with Crippen LogP contribution >= 0.6 is 0 Å². The summed E-state index contributed by atoms with van der Waals surface area (Å²) in [6, 6.07) is 11.6. The lowest BCUT2D eigenvalue weighted by Crippen LogP contribution is -2.14. The lowest BCUT2D eigenvalue weighted by atomic mass is 10.2. The SMILES string of the molecule is COc1ccccc1CNc1ccc(NC(=O)C2CC2)nc1. The Morgan fingerprint density at radius 2 is 2.09 bits per heavy atom. The van der Waals surface area contributed by atoms with Gasteiger partial charge in [-0.2, -0.15) is 0 Å². The number of benzene rings is 1. The number of hydrogen-bond donors (Lipinski definition) is 2. The van der Waals surface area contributed by atoms with E-state index in [1.807, 2.05) is 36.4 Å². The Morgan fingerprint density at radius 3 is 2.77 bits per heavy atom. The van der Waals surface area contributed by atoms with E-state index in [2.05, 4.69) is 15.6 Å². The molecule has 1 saturated carbocycles. The molecule has 1 aliphatic rings. The highest BCUT2D eigenvalue weighted by molar-refractivity contribution is 5.93. The molecule has 1 amide bonds. The third kappa shape index (κ3) is 3.55. The first-order valence-corrected chi connectivity index (χ1v) is 7.39. The summed E-state index contributed by atoms with van der Waals surface area (Å²) < 4.78 is 5.32. The summed E-state index contributed by atoms with van der Waals surface area (Å²) in [7, 11) is 1.66. The Balaban J connectivity index is 1.57. The van der Waals surface area contributed by atoms with Crippen LogP contribution in [0.1, 0.15) is 18.4 Å². The number of aromatic nitrogens is 1. The minimum atomic E-state index is 0.0715. The molecule has 5 heteroatoms. The molecule has 1 aromatic heterocycles. The van der Waals surface area contributed by atoms with Crippen LogP contribution in [-0.2, 0) is 11.3 Å². The van der Waals surface area contributed by atoms with Crippen LogP contribution in [0, 0.1) is 5.92 Å². The van der Waals surface area contributed by atoms with Crippen molar-refractivity contribution < 1.29 is 9.53 Å². The topological polar surface area (TPSA) is 63.2 Å². The van der Waals surface area contributed by atoms with Crippen molar-refractivity contribution in [2.75, 3.05) is 17.7 Å². The number of amides is 1. The first-order chi connectivity index (χ1) is 10.8. The van der Waals surface area contributed by atoms with Gasteiger partial charge < -0.3 is 15.4 Å². The molecule has 0 unspecified atom stereocenters. The number of ether oxygens (including phenoxy) is 1. The average Bonchev–Trinajstić information content (AvgIpc) is 3.39. The maximum absolute atomic E-state index is 11.7. The van der Waals surface area contributed by atoms with Gasteiger partial charge in [0.05, 0.1) is 19.0 Å². The van der Waals surface area contributed by atoms with E-state index in [1.54, 1.807) is 13.3 Å². The molecule has 2 aromatic rings.